The lowest BCUT2D eigenvalue weighted by molar-refractivity contribution is -0.130. The Bertz CT molecular complexity index is 1320. The van der Waals surface area contributed by atoms with Crippen molar-refractivity contribution in [2.75, 3.05) is 35.8 Å². The van der Waals surface area contributed by atoms with Crippen LogP contribution in [0.15, 0.2) is 77.7 Å². The topological polar surface area (TPSA) is 93.5 Å². The van der Waals surface area contributed by atoms with Crippen molar-refractivity contribution in [3.05, 3.63) is 89.7 Å². The highest BCUT2D eigenvalue weighted by Gasteiger charge is 2.20. The number of carbonyl (C=O) groups excluding carboxylic acids is 1. The first-order chi connectivity index (χ1) is 16.8. The fourth-order valence-electron chi connectivity index (χ4n) is 3.98. The van der Waals surface area contributed by atoms with Gasteiger partial charge in [0.05, 0.1) is 22.9 Å². The number of hydrogen-bond acceptors (Lipinski definition) is 5. The summed E-state index contributed by atoms with van der Waals surface area (Å²) in [5, 5.41) is 8.97. The lowest BCUT2D eigenvalue weighted by atomic mass is 10.1. The van der Waals surface area contributed by atoms with Crippen LogP contribution in [0, 0.1) is 17.1 Å². The molecular formula is C26H25FN4O3S. The summed E-state index contributed by atoms with van der Waals surface area (Å²) in [4.78, 5) is 16.9. The first-order valence-corrected chi connectivity index (χ1v) is 12.7. The zero-order valence-corrected chi connectivity index (χ0v) is 19.8. The van der Waals surface area contributed by atoms with Crippen molar-refractivity contribution >= 4 is 27.3 Å². The van der Waals surface area contributed by atoms with Gasteiger partial charge in [0.2, 0.25) is 5.91 Å². The number of halogens is 1. The molecule has 1 heterocycles. The smallest absolute Gasteiger partial charge is 0.261 e. The van der Waals surface area contributed by atoms with Gasteiger partial charge in [-0.05, 0) is 72.6 Å². The van der Waals surface area contributed by atoms with E-state index in [1.165, 1.54) is 12.1 Å². The molecule has 1 aliphatic rings. The van der Waals surface area contributed by atoms with Crippen LogP contribution in [-0.2, 0) is 21.2 Å². The quantitative estimate of drug-likeness (QED) is 0.565. The number of nitrogens with zero attached hydrogens (tertiary/aromatic N) is 3. The molecule has 7 nitrogen and oxygen atoms in total. The van der Waals surface area contributed by atoms with Crippen molar-refractivity contribution in [2.24, 2.45) is 0 Å². The molecule has 180 valence electrons. The van der Waals surface area contributed by atoms with Crippen LogP contribution in [0.5, 0.6) is 0 Å². The van der Waals surface area contributed by atoms with Crippen molar-refractivity contribution in [3.63, 3.8) is 0 Å². The molecule has 1 saturated heterocycles. The molecule has 0 unspecified atom stereocenters. The maximum absolute atomic E-state index is 13.1. The van der Waals surface area contributed by atoms with Gasteiger partial charge in [-0.25, -0.2) is 12.8 Å². The van der Waals surface area contributed by atoms with Crippen LogP contribution in [0.1, 0.15) is 17.5 Å². The number of benzene rings is 3. The van der Waals surface area contributed by atoms with E-state index in [0.717, 1.165) is 36.3 Å². The summed E-state index contributed by atoms with van der Waals surface area (Å²) in [6, 6.07) is 20.8. The average Bonchev–Trinajstić information content (AvgIpc) is 3.12. The van der Waals surface area contributed by atoms with E-state index >= 15 is 0 Å². The van der Waals surface area contributed by atoms with Gasteiger partial charge in [-0.2, -0.15) is 5.26 Å². The van der Waals surface area contributed by atoms with E-state index in [0.29, 0.717) is 30.9 Å². The van der Waals surface area contributed by atoms with Gasteiger partial charge in [-0.1, -0.05) is 12.1 Å². The summed E-state index contributed by atoms with van der Waals surface area (Å²) in [5.41, 5.74) is 2.80. The lowest BCUT2D eigenvalue weighted by Gasteiger charge is -2.24. The molecule has 1 amide bonds. The Morgan fingerprint density at radius 2 is 1.60 bits per heavy atom. The normalized spacial score (nSPS) is 14.2. The Labute approximate surface area is 204 Å². The molecule has 0 atom stereocenters. The number of rotatable bonds is 6. The SMILES string of the molecule is N#Cc1ccc(N2CCCN(C(=O)Cc3ccc(NS(=O)(=O)c4ccc(F)cc4)cc3)CC2)cc1. The summed E-state index contributed by atoms with van der Waals surface area (Å²) >= 11 is 0. The Morgan fingerprint density at radius 3 is 2.26 bits per heavy atom. The number of nitrogens with one attached hydrogen (secondary N) is 1. The largest absolute Gasteiger partial charge is 0.370 e. The third kappa shape index (κ3) is 6.16. The van der Waals surface area contributed by atoms with E-state index in [9.17, 15) is 17.6 Å². The number of sulfonamides is 1. The fraction of sp³-hybridized carbons (Fsp3) is 0.231. The van der Waals surface area contributed by atoms with Gasteiger partial charge in [0.25, 0.3) is 10.0 Å². The second-order valence-corrected chi connectivity index (χ2v) is 10.00. The van der Waals surface area contributed by atoms with E-state index < -0.39 is 15.8 Å². The van der Waals surface area contributed by atoms with Gasteiger partial charge >= 0.3 is 0 Å². The van der Waals surface area contributed by atoms with E-state index in [1.54, 1.807) is 36.4 Å². The minimum atomic E-state index is -3.83. The van der Waals surface area contributed by atoms with Crippen LogP contribution in [0.4, 0.5) is 15.8 Å². The minimum absolute atomic E-state index is 0.0197. The van der Waals surface area contributed by atoms with E-state index in [2.05, 4.69) is 15.7 Å². The molecule has 35 heavy (non-hydrogen) atoms. The molecule has 9 heteroatoms. The molecule has 3 aromatic rings. The number of carbonyl (C=O) groups is 1. The molecule has 4 rings (SSSR count). The van der Waals surface area contributed by atoms with Crippen LogP contribution in [-0.4, -0.2) is 45.4 Å². The first kappa shape index (κ1) is 24.2. The third-order valence-corrected chi connectivity index (χ3v) is 7.29. The van der Waals surface area contributed by atoms with Gasteiger partial charge in [0.15, 0.2) is 0 Å². The van der Waals surface area contributed by atoms with E-state index in [-0.39, 0.29) is 17.2 Å². The maximum Gasteiger partial charge on any atom is 0.261 e. The highest BCUT2D eigenvalue weighted by atomic mass is 32.2. The monoisotopic (exact) mass is 492 g/mol. The molecule has 1 aliphatic heterocycles. The number of anilines is 2. The molecule has 0 saturated carbocycles. The van der Waals surface area contributed by atoms with E-state index in [4.69, 9.17) is 5.26 Å². The highest BCUT2D eigenvalue weighted by molar-refractivity contribution is 7.92. The molecule has 1 fully saturated rings. The predicted octanol–water partition coefficient (Wildman–Crippen LogP) is 3.78. The second kappa shape index (κ2) is 10.6. The number of amides is 1. The summed E-state index contributed by atoms with van der Waals surface area (Å²) in [7, 11) is -3.83. The van der Waals surface area contributed by atoms with Crippen LogP contribution in [0.3, 0.4) is 0 Å². The van der Waals surface area contributed by atoms with Gasteiger partial charge in [0, 0.05) is 37.6 Å². The Morgan fingerprint density at radius 1 is 0.914 bits per heavy atom. The zero-order valence-electron chi connectivity index (χ0n) is 19.0. The second-order valence-electron chi connectivity index (χ2n) is 8.31. The summed E-state index contributed by atoms with van der Waals surface area (Å²) in [6.45, 7) is 2.82. The van der Waals surface area contributed by atoms with Crippen molar-refractivity contribution in [3.8, 4) is 6.07 Å². The Balaban J connectivity index is 1.33. The standard InChI is InChI=1S/C26H25FN4O3S/c27-22-6-12-25(13-7-22)35(33,34)29-23-8-2-20(3-9-23)18-26(32)31-15-1-14-30(16-17-31)24-10-4-21(19-28)5-11-24/h2-13,29H,1,14-18H2. The zero-order chi connectivity index (χ0) is 24.8. The predicted molar refractivity (Wildman–Crippen MR) is 132 cm³/mol. The molecule has 1 N–H and O–H groups in total. The average molecular weight is 493 g/mol. The summed E-state index contributed by atoms with van der Waals surface area (Å²) in [6.07, 6.45) is 1.07. The van der Waals surface area contributed by atoms with Gasteiger partial charge in [-0.15, -0.1) is 0 Å². The summed E-state index contributed by atoms with van der Waals surface area (Å²) in [5.74, 6) is -0.490. The summed E-state index contributed by atoms with van der Waals surface area (Å²) < 4.78 is 40.5. The van der Waals surface area contributed by atoms with Crippen LogP contribution >= 0.6 is 0 Å². The fourth-order valence-corrected chi connectivity index (χ4v) is 5.04. The Kier molecular flexibility index (Phi) is 7.32. The molecule has 0 aliphatic carbocycles. The Hall–Kier alpha value is -3.90. The highest BCUT2D eigenvalue weighted by Crippen LogP contribution is 2.19. The van der Waals surface area contributed by atoms with Gasteiger partial charge < -0.3 is 9.80 Å². The van der Waals surface area contributed by atoms with Gasteiger partial charge in [-0.3, -0.25) is 9.52 Å². The molecular weight excluding hydrogens is 467 g/mol. The number of nitriles is 1. The maximum atomic E-state index is 13.1. The van der Waals surface area contributed by atoms with Crippen molar-refractivity contribution in [2.45, 2.75) is 17.7 Å². The minimum Gasteiger partial charge on any atom is -0.370 e. The molecule has 0 bridgehead atoms. The first-order valence-electron chi connectivity index (χ1n) is 11.2. The van der Waals surface area contributed by atoms with Crippen molar-refractivity contribution in [1.82, 2.24) is 4.90 Å². The molecule has 0 aromatic heterocycles. The van der Waals surface area contributed by atoms with E-state index in [1.807, 2.05) is 17.0 Å². The van der Waals surface area contributed by atoms with Crippen LogP contribution < -0.4 is 9.62 Å². The van der Waals surface area contributed by atoms with Gasteiger partial charge in [0.1, 0.15) is 5.82 Å². The van der Waals surface area contributed by atoms with Crippen molar-refractivity contribution in [1.29, 1.82) is 5.26 Å². The van der Waals surface area contributed by atoms with Crippen LogP contribution in [0.25, 0.3) is 0 Å². The number of hydrogen-bond donors (Lipinski definition) is 1. The lowest BCUT2D eigenvalue weighted by Crippen LogP contribution is -2.36. The van der Waals surface area contributed by atoms with Crippen LogP contribution in [0.2, 0.25) is 0 Å². The molecule has 0 spiro atoms. The third-order valence-electron chi connectivity index (χ3n) is 5.90. The van der Waals surface area contributed by atoms with Crippen molar-refractivity contribution < 1.29 is 17.6 Å². The molecule has 3 aromatic carbocycles. The molecule has 0 radical (unpaired) electrons.